The molecule has 1 saturated heterocycles. The van der Waals surface area contributed by atoms with Gasteiger partial charge in [0.1, 0.15) is 6.04 Å². The molecule has 1 aliphatic rings. The molecule has 0 aliphatic carbocycles. The third-order valence-corrected chi connectivity index (χ3v) is 5.72. The number of piperazine rings is 1. The van der Waals surface area contributed by atoms with Gasteiger partial charge >= 0.3 is 0 Å². The van der Waals surface area contributed by atoms with Crippen molar-refractivity contribution < 1.29 is 13.2 Å². The number of hydrogen-bond donors (Lipinski definition) is 0. The second-order valence-electron chi connectivity index (χ2n) is 6.38. The molecule has 1 aliphatic heterocycles. The van der Waals surface area contributed by atoms with Gasteiger partial charge in [-0.3, -0.25) is 9.10 Å². The Bertz CT molecular complexity index is 665. The van der Waals surface area contributed by atoms with Gasteiger partial charge in [0.25, 0.3) is 0 Å². The molecule has 2 rings (SSSR count). The molecule has 1 fully saturated rings. The summed E-state index contributed by atoms with van der Waals surface area (Å²) in [5.74, 6) is -0.145. The molecular formula is C17H27N3O3S. The number of sulfonamides is 1. The lowest BCUT2D eigenvalue weighted by Gasteiger charge is -2.36. The highest BCUT2D eigenvalue weighted by molar-refractivity contribution is 7.92. The molecule has 0 N–H and O–H groups in total. The Morgan fingerprint density at radius 3 is 2.17 bits per heavy atom. The predicted octanol–water partition coefficient (Wildman–Crippen LogP) is 1.18. The highest BCUT2D eigenvalue weighted by Gasteiger charge is 2.32. The minimum Gasteiger partial charge on any atom is -0.338 e. The minimum absolute atomic E-state index is 0.145. The van der Waals surface area contributed by atoms with Crippen molar-refractivity contribution in [3.63, 3.8) is 0 Å². The van der Waals surface area contributed by atoms with Crippen LogP contribution >= 0.6 is 0 Å². The average molecular weight is 353 g/mol. The second-order valence-corrected chi connectivity index (χ2v) is 8.24. The zero-order valence-electron chi connectivity index (χ0n) is 14.9. The number of aryl methyl sites for hydroxylation is 1. The molecule has 1 heterocycles. The first-order chi connectivity index (χ1) is 11.2. The van der Waals surface area contributed by atoms with E-state index >= 15 is 0 Å². The molecule has 7 heteroatoms. The van der Waals surface area contributed by atoms with Gasteiger partial charge in [-0.05, 0) is 38.1 Å². The van der Waals surface area contributed by atoms with E-state index in [-0.39, 0.29) is 5.91 Å². The lowest BCUT2D eigenvalue weighted by molar-refractivity contribution is -0.133. The number of anilines is 1. The Balaban J connectivity index is 2.25. The van der Waals surface area contributed by atoms with Crippen molar-refractivity contribution in [2.45, 2.75) is 26.3 Å². The van der Waals surface area contributed by atoms with Crippen LogP contribution in [0.1, 0.15) is 19.4 Å². The molecule has 0 radical (unpaired) electrons. The molecule has 0 unspecified atom stereocenters. The topological polar surface area (TPSA) is 60.9 Å². The fourth-order valence-corrected chi connectivity index (χ4v) is 4.14. The molecule has 0 spiro atoms. The molecule has 6 nitrogen and oxygen atoms in total. The summed E-state index contributed by atoms with van der Waals surface area (Å²) >= 11 is 0. The van der Waals surface area contributed by atoms with Gasteiger partial charge in [0.15, 0.2) is 0 Å². The van der Waals surface area contributed by atoms with Crippen LogP contribution in [0.15, 0.2) is 24.3 Å². The third-order valence-electron chi connectivity index (χ3n) is 4.48. The fraction of sp³-hybridized carbons (Fsp3) is 0.588. The summed E-state index contributed by atoms with van der Waals surface area (Å²) in [4.78, 5) is 16.7. The first-order valence-electron chi connectivity index (χ1n) is 8.29. The number of benzene rings is 1. The highest BCUT2D eigenvalue weighted by atomic mass is 32.2. The maximum absolute atomic E-state index is 12.8. The van der Waals surface area contributed by atoms with Crippen molar-refractivity contribution in [3.05, 3.63) is 29.8 Å². The molecule has 24 heavy (non-hydrogen) atoms. The van der Waals surface area contributed by atoms with E-state index in [1.54, 1.807) is 24.0 Å². The van der Waals surface area contributed by atoms with Crippen molar-refractivity contribution in [1.82, 2.24) is 9.80 Å². The van der Waals surface area contributed by atoms with Gasteiger partial charge in [0, 0.05) is 26.2 Å². The van der Waals surface area contributed by atoms with Gasteiger partial charge < -0.3 is 9.80 Å². The molecular weight excluding hydrogens is 326 g/mol. The molecule has 1 aromatic rings. The van der Waals surface area contributed by atoms with Crippen LogP contribution < -0.4 is 4.31 Å². The summed E-state index contributed by atoms with van der Waals surface area (Å²) < 4.78 is 25.9. The number of amides is 1. The third kappa shape index (κ3) is 4.27. The molecule has 0 aromatic heterocycles. The van der Waals surface area contributed by atoms with Crippen molar-refractivity contribution in [2.75, 3.05) is 43.8 Å². The lowest BCUT2D eigenvalue weighted by atomic mass is 10.1. The SMILES string of the molecule is CCc1ccc(N([C@H](C)C(=O)N2CCN(C)CC2)S(C)(=O)=O)cc1. The van der Waals surface area contributed by atoms with Crippen LogP contribution in [-0.4, -0.2) is 69.6 Å². The average Bonchev–Trinajstić information content (AvgIpc) is 2.54. The lowest BCUT2D eigenvalue weighted by Crippen LogP contribution is -2.54. The van der Waals surface area contributed by atoms with Crippen LogP contribution in [0.4, 0.5) is 5.69 Å². The van der Waals surface area contributed by atoms with E-state index in [0.717, 1.165) is 31.3 Å². The molecule has 134 valence electrons. The zero-order valence-corrected chi connectivity index (χ0v) is 15.7. The van der Waals surface area contributed by atoms with Crippen LogP contribution in [0.25, 0.3) is 0 Å². The second kappa shape index (κ2) is 7.53. The van der Waals surface area contributed by atoms with Gasteiger partial charge in [-0.25, -0.2) is 8.42 Å². The predicted molar refractivity (Wildman–Crippen MR) is 96.7 cm³/mol. The Hall–Kier alpha value is -1.60. The normalized spacial score (nSPS) is 17.6. The number of carbonyl (C=O) groups excluding carboxylic acids is 1. The number of likely N-dealkylation sites (N-methyl/N-ethyl adjacent to an activating group) is 1. The van der Waals surface area contributed by atoms with Crippen LogP contribution in [0.2, 0.25) is 0 Å². The number of hydrogen-bond acceptors (Lipinski definition) is 4. The van der Waals surface area contributed by atoms with Crippen molar-refractivity contribution in [2.24, 2.45) is 0 Å². The van der Waals surface area contributed by atoms with Crippen LogP contribution in [0.3, 0.4) is 0 Å². The summed E-state index contributed by atoms with van der Waals surface area (Å²) in [5, 5.41) is 0. The molecule has 1 aromatic carbocycles. The Morgan fingerprint density at radius 1 is 1.17 bits per heavy atom. The standard InChI is InChI=1S/C17H27N3O3S/c1-5-15-6-8-16(9-7-15)20(24(4,22)23)14(2)17(21)19-12-10-18(3)11-13-19/h6-9,14H,5,10-13H2,1-4H3/t14-/m1/s1. The van der Waals surface area contributed by atoms with E-state index in [0.29, 0.717) is 18.8 Å². The van der Waals surface area contributed by atoms with E-state index in [9.17, 15) is 13.2 Å². The zero-order chi connectivity index (χ0) is 17.9. The summed E-state index contributed by atoms with van der Waals surface area (Å²) in [7, 11) is -1.54. The molecule has 0 bridgehead atoms. The number of carbonyl (C=O) groups is 1. The Morgan fingerprint density at radius 2 is 1.71 bits per heavy atom. The van der Waals surface area contributed by atoms with Gasteiger partial charge in [-0.1, -0.05) is 19.1 Å². The van der Waals surface area contributed by atoms with Crippen LogP contribution in [-0.2, 0) is 21.2 Å². The monoisotopic (exact) mass is 353 g/mol. The summed E-state index contributed by atoms with van der Waals surface area (Å²) in [5.41, 5.74) is 1.66. The van der Waals surface area contributed by atoms with Crippen molar-refractivity contribution in [1.29, 1.82) is 0 Å². The maximum atomic E-state index is 12.8. The summed E-state index contributed by atoms with van der Waals surface area (Å²) in [6.07, 6.45) is 2.03. The fourth-order valence-electron chi connectivity index (χ4n) is 2.97. The van der Waals surface area contributed by atoms with E-state index in [1.165, 1.54) is 4.31 Å². The Labute approximate surface area is 145 Å². The molecule has 0 saturated carbocycles. The van der Waals surface area contributed by atoms with E-state index in [4.69, 9.17) is 0 Å². The highest BCUT2D eigenvalue weighted by Crippen LogP contribution is 2.22. The van der Waals surface area contributed by atoms with Crippen LogP contribution in [0.5, 0.6) is 0 Å². The quantitative estimate of drug-likeness (QED) is 0.797. The Kier molecular flexibility index (Phi) is 5.87. The van der Waals surface area contributed by atoms with E-state index < -0.39 is 16.1 Å². The first-order valence-corrected chi connectivity index (χ1v) is 10.1. The number of rotatable bonds is 5. The summed E-state index contributed by atoms with van der Waals surface area (Å²) in [6, 6.07) is 6.60. The van der Waals surface area contributed by atoms with Gasteiger partial charge in [0.05, 0.1) is 11.9 Å². The van der Waals surface area contributed by atoms with Crippen molar-refractivity contribution in [3.8, 4) is 0 Å². The van der Waals surface area contributed by atoms with Gasteiger partial charge in [-0.15, -0.1) is 0 Å². The minimum atomic E-state index is -3.56. The largest absolute Gasteiger partial charge is 0.338 e. The van der Waals surface area contributed by atoms with Crippen LogP contribution in [0, 0.1) is 0 Å². The molecule has 1 amide bonds. The van der Waals surface area contributed by atoms with Gasteiger partial charge in [0.2, 0.25) is 15.9 Å². The summed E-state index contributed by atoms with van der Waals surface area (Å²) in [6.45, 7) is 6.58. The smallest absolute Gasteiger partial charge is 0.246 e. The number of nitrogens with zero attached hydrogens (tertiary/aromatic N) is 3. The van der Waals surface area contributed by atoms with Gasteiger partial charge in [-0.2, -0.15) is 0 Å². The molecule has 1 atom stereocenters. The van der Waals surface area contributed by atoms with Crippen molar-refractivity contribution >= 4 is 21.6 Å². The van der Waals surface area contributed by atoms with E-state index in [2.05, 4.69) is 4.90 Å². The maximum Gasteiger partial charge on any atom is 0.246 e. The first kappa shape index (κ1) is 18.7. The van der Waals surface area contributed by atoms with E-state index in [1.807, 2.05) is 26.1 Å².